The lowest BCUT2D eigenvalue weighted by molar-refractivity contribution is 0.0993. The number of phenols is 1. The average Bonchev–Trinajstić information content (AvgIpc) is 2.37. The number of carbonyl (C=O) groups excluding carboxylic acids is 1. The SMILES string of the molecule is CN(C(=O)c1cc(Cl)cc(Cl)c1)c1ccc(O)cc1. The summed E-state index contributed by atoms with van der Waals surface area (Å²) in [5, 5.41) is 10.1. The Labute approximate surface area is 121 Å². The van der Waals surface area contributed by atoms with Crippen molar-refractivity contribution < 1.29 is 9.90 Å². The van der Waals surface area contributed by atoms with Gasteiger partial charge in [-0.1, -0.05) is 23.2 Å². The lowest BCUT2D eigenvalue weighted by atomic mass is 10.2. The zero-order chi connectivity index (χ0) is 14.0. The van der Waals surface area contributed by atoms with Crippen LogP contribution in [0.5, 0.6) is 5.75 Å². The Balaban J connectivity index is 2.30. The van der Waals surface area contributed by atoms with Gasteiger partial charge in [-0.25, -0.2) is 0 Å². The van der Waals surface area contributed by atoms with Gasteiger partial charge >= 0.3 is 0 Å². The maximum absolute atomic E-state index is 12.3. The van der Waals surface area contributed by atoms with Crippen LogP contribution in [0.2, 0.25) is 10.0 Å². The van der Waals surface area contributed by atoms with Crippen LogP contribution in [0.15, 0.2) is 42.5 Å². The summed E-state index contributed by atoms with van der Waals surface area (Å²) in [6.07, 6.45) is 0. The Morgan fingerprint density at radius 3 is 2.11 bits per heavy atom. The predicted octanol–water partition coefficient (Wildman–Crippen LogP) is 3.98. The highest BCUT2D eigenvalue weighted by atomic mass is 35.5. The Bertz CT molecular complexity index is 591. The van der Waals surface area contributed by atoms with Crippen molar-refractivity contribution in [2.24, 2.45) is 0 Å². The van der Waals surface area contributed by atoms with E-state index in [-0.39, 0.29) is 11.7 Å². The molecule has 0 aliphatic carbocycles. The number of rotatable bonds is 2. The molecule has 0 aromatic heterocycles. The van der Waals surface area contributed by atoms with E-state index in [1.807, 2.05) is 0 Å². The second-order valence-electron chi connectivity index (χ2n) is 4.04. The van der Waals surface area contributed by atoms with Crippen LogP contribution in [0, 0.1) is 0 Å². The molecule has 3 nitrogen and oxygen atoms in total. The zero-order valence-electron chi connectivity index (χ0n) is 10.1. The summed E-state index contributed by atoms with van der Waals surface area (Å²) in [4.78, 5) is 13.7. The van der Waals surface area contributed by atoms with Gasteiger partial charge in [0.15, 0.2) is 0 Å². The van der Waals surface area contributed by atoms with Crippen molar-refractivity contribution in [3.8, 4) is 5.75 Å². The van der Waals surface area contributed by atoms with Gasteiger partial charge in [0.25, 0.3) is 5.91 Å². The molecule has 5 heteroatoms. The van der Waals surface area contributed by atoms with E-state index in [4.69, 9.17) is 23.2 Å². The summed E-state index contributed by atoms with van der Waals surface area (Å²) in [7, 11) is 1.64. The van der Waals surface area contributed by atoms with Crippen molar-refractivity contribution in [1.82, 2.24) is 0 Å². The standard InChI is InChI=1S/C14H11Cl2NO2/c1-17(12-2-4-13(18)5-3-12)14(19)9-6-10(15)8-11(16)7-9/h2-8,18H,1H3. The first kappa shape index (κ1) is 13.7. The highest BCUT2D eigenvalue weighted by Gasteiger charge is 2.14. The fourth-order valence-electron chi connectivity index (χ4n) is 1.66. The minimum atomic E-state index is -0.227. The van der Waals surface area contributed by atoms with E-state index in [2.05, 4.69) is 0 Å². The second kappa shape index (κ2) is 5.51. The van der Waals surface area contributed by atoms with Crippen LogP contribution < -0.4 is 4.90 Å². The average molecular weight is 296 g/mol. The molecule has 2 rings (SSSR count). The lowest BCUT2D eigenvalue weighted by Gasteiger charge is -2.17. The molecular formula is C14H11Cl2NO2. The second-order valence-corrected chi connectivity index (χ2v) is 4.91. The van der Waals surface area contributed by atoms with Crippen LogP contribution in [0.25, 0.3) is 0 Å². The van der Waals surface area contributed by atoms with E-state index in [1.165, 1.54) is 17.0 Å². The first-order valence-corrected chi connectivity index (χ1v) is 6.26. The van der Waals surface area contributed by atoms with Crippen molar-refractivity contribution in [2.75, 3.05) is 11.9 Å². The van der Waals surface area contributed by atoms with Gasteiger partial charge in [0.1, 0.15) is 5.75 Å². The topological polar surface area (TPSA) is 40.5 Å². The number of hydrogen-bond acceptors (Lipinski definition) is 2. The van der Waals surface area contributed by atoms with Crippen LogP contribution in [0.1, 0.15) is 10.4 Å². The fraction of sp³-hybridized carbons (Fsp3) is 0.0714. The maximum atomic E-state index is 12.3. The minimum Gasteiger partial charge on any atom is -0.508 e. The molecule has 0 fully saturated rings. The monoisotopic (exact) mass is 295 g/mol. The van der Waals surface area contributed by atoms with Gasteiger partial charge in [-0.05, 0) is 42.5 Å². The van der Waals surface area contributed by atoms with Crippen LogP contribution >= 0.6 is 23.2 Å². The van der Waals surface area contributed by atoms with E-state index in [0.29, 0.717) is 21.3 Å². The minimum absolute atomic E-state index is 0.149. The number of aromatic hydroxyl groups is 1. The molecular weight excluding hydrogens is 285 g/mol. The molecule has 0 unspecified atom stereocenters. The molecule has 98 valence electrons. The third-order valence-electron chi connectivity index (χ3n) is 2.65. The number of carbonyl (C=O) groups is 1. The molecule has 0 radical (unpaired) electrons. The van der Waals surface area contributed by atoms with Gasteiger partial charge in [0.05, 0.1) is 0 Å². The number of nitrogens with zero attached hydrogens (tertiary/aromatic N) is 1. The van der Waals surface area contributed by atoms with Crippen LogP contribution in [0.4, 0.5) is 5.69 Å². The van der Waals surface area contributed by atoms with Crippen molar-refractivity contribution in [3.63, 3.8) is 0 Å². The molecule has 0 bridgehead atoms. The summed E-state index contributed by atoms with van der Waals surface area (Å²) in [6, 6.07) is 11.0. The van der Waals surface area contributed by atoms with Crippen molar-refractivity contribution >= 4 is 34.8 Å². The molecule has 1 amide bonds. The number of halogens is 2. The van der Waals surface area contributed by atoms with E-state index < -0.39 is 0 Å². The van der Waals surface area contributed by atoms with E-state index in [1.54, 1.807) is 37.4 Å². The van der Waals surface area contributed by atoms with Gasteiger partial charge < -0.3 is 10.0 Å². The molecule has 0 atom stereocenters. The quantitative estimate of drug-likeness (QED) is 0.910. The van der Waals surface area contributed by atoms with Gasteiger partial charge in [-0.2, -0.15) is 0 Å². The van der Waals surface area contributed by atoms with Gasteiger partial charge in [-0.3, -0.25) is 4.79 Å². The van der Waals surface area contributed by atoms with Crippen LogP contribution in [-0.2, 0) is 0 Å². The first-order valence-electron chi connectivity index (χ1n) is 5.50. The van der Waals surface area contributed by atoms with Crippen molar-refractivity contribution in [3.05, 3.63) is 58.1 Å². The van der Waals surface area contributed by atoms with Crippen LogP contribution in [-0.4, -0.2) is 18.1 Å². The van der Waals surface area contributed by atoms with Crippen LogP contribution in [0.3, 0.4) is 0 Å². The number of anilines is 1. The summed E-state index contributed by atoms with van der Waals surface area (Å²) < 4.78 is 0. The van der Waals surface area contributed by atoms with Crippen molar-refractivity contribution in [1.29, 1.82) is 0 Å². The first-order chi connectivity index (χ1) is 8.97. The molecule has 0 heterocycles. The highest BCUT2D eigenvalue weighted by Crippen LogP contribution is 2.23. The predicted molar refractivity (Wildman–Crippen MR) is 77.3 cm³/mol. The maximum Gasteiger partial charge on any atom is 0.258 e. The molecule has 1 N–H and O–H groups in total. The molecule has 0 aliphatic heterocycles. The van der Waals surface area contributed by atoms with Gasteiger partial charge in [0, 0.05) is 28.3 Å². The van der Waals surface area contributed by atoms with Gasteiger partial charge in [0.2, 0.25) is 0 Å². The lowest BCUT2D eigenvalue weighted by Crippen LogP contribution is -2.26. The Morgan fingerprint density at radius 1 is 1.05 bits per heavy atom. The molecule has 0 aliphatic rings. The Kier molecular flexibility index (Phi) is 3.98. The third-order valence-corrected chi connectivity index (χ3v) is 3.09. The largest absolute Gasteiger partial charge is 0.508 e. The molecule has 0 spiro atoms. The molecule has 0 saturated heterocycles. The summed E-state index contributed by atoms with van der Waals surface area (Å²) in [6.45, 7) is 0. The third kappa shape index (κ3) is 3.19. The summed E-state index contributed by atoms with van der Waals surface area (Å²) in [5.41, 5.74) is 1.08. The number of amides is 1. The molecule has 19 heavy (non-hydrogen) atoms. The summed E-state index contributed by atoms with van der Waals surface area (Å²) in [5.74, 6) is -0.0783. The summed E-state index contributed by atoms with van der Waals surface area (Å²) >= 11 is 11.8. The molecule has 2 aromatic carbocycles. The Morgan fingerprint density at radius 2 is 1.58 bits per heavy atom. The van der Waals surface area contributed by atoms with Gasteiger partial charge in [-0.15, -0.1) is 0 Å². The van der Waals surface area contributed by atoms with E-state index in [0.717, 1.165) is 0 Å². The number of phenolic OH excluding ortho intramolecular Hbond substituents is 1. The molecule has 0 saturated carbocycles. The van der Waals surface area contributed by atoms with E-state index in [9.17, 15) is 9.90 Å². The number of benzene rings is 2. The Hall–Kier alpha value is -1.71. The zero-order valence-corrected chi connectivity index (χ0v) is 11.6. The highest BCUT2D eigenvalue weighted by molar-refractivity contribution is 6.35. The molecule has 2 aromatic rings. The van der Waals surface area contributed by atoms with Crippen molar-refractivity contribution in [2.45, 2.75) is 0 Å². The van der Waals surface area contributed by atoms with E-state index >= 15 is 0 Å². The fourth-order valence-corrected chi connectivity index (χ4v) is 2.19. The normalized spacial score (nSPS) is 10.3. The smallest absolute Gasteiger partial charge is 0.258 e. The number of hydrogen-bond donors (Lipinski definition) is 1.